The lowest BCUT2D eigenvalue weighted by molar-refractivity contribution is -0.135. The van der Waals surface area contributed by atoms with E-state index < -0.39 is 0 Å². The van der Waals surface area contributed by atoms with Crippen molar-refractivity contribution in [1.82, 2.24) is 9.80 Å². The van der Waals surface area contributed by atoms with Gasteiger partial charge in [0.25, 0.3) is 0 Å². The summed E-state index contributed by atoms with van der Waals surface area (Å²) in [5.41, 5.74) is 0. The smallest absolute Gasteiger partial charge is 0.223 e. The van der Waals surface area contributed by atoms with E-state index in [4.69, 9.17) is 5.11 Å². The van der Waals surface area contributed by atoms with E-state index in [1.807, 2.05) is 16.3 Å². The number of hydrogen-bond donors (Lipinski definition) is 1. The minimum atomic E-state index is 0.0448. The number of amides is 1. The van der Waals surface area contributed by atoms with Gasteiger partial charge in [0.15, 0.2) is 5.78 Å². The molecule has 2 heterocycles. The Hall–Kier alpha value is -1.24. The summed E-state index contributed by atoms with van der Waals surface area (Å²) in [4.78, 5) is 29.1. The first-order chi connectivity index (χ1) is 10.5. The molecule has 0 aromatic carbocycles. The molecule has 0 aliphatic carbocycles. The predicted molar refractivity (Wildman–Crippen MR) is 87.2 cm³/mol. The third-order valence-electron chi connectivity index (χ3n) is 4.17. The summed E-state index contributed by atoms with van der Waals surface area (Å²) in [7, 11) is 0. The minimum Gasteiger partial charge on any atom is -0.395 e. The summed E-state index contributed by atoms with van der Waals surface area (Å²) in [6.07, 6.45) is 0.551. The number of aliphatic hydroxyl groups is 1. The Morgan fingerprint density at radius 3 is 2.50 bits per heavy atom. The van der Waals surface area contributed by atoms with Crippen LogP contribution in [0.1, 0.15) is 36.4 Å². The van der Waals surface area contributed by atoms with Gasteiger partial charge in [0.1, 0.15) is 0 Å². The summed E-state index contributed by atoms with van der Waals surface area (Å²) in [6, 6.07) is 4.11. The zero-order chi connectivity index (χ0) is 16.1. The van der Waals surface area contributed by atoms with Crippen LogP contribution in [-0.4, -0.2) is 64.9 Å². The molecule has 1 amide bonds. The van der Waals surface area contributed by atoms with Crippen LogP contribution in [0.25, 0.3) is 0 Å². The number of piperazine rings is 1. The molecule has 0 radical (unpaired) electrons. The van der Waals surface area contributed by atoms with E-state index in [9.17, 15) is 9.59 Å². The molecule has 1 fully saturated rings. The minimum absolute atomic E-state index is 0.0448. The molecule has 1 aromatic heterocycles. The number of β-amino-alcohol motifs (C(OH)–C–C–N with tert-alkyl or cyclic N) is 1. The van der Waals surface area contributed by atoms with Crippen LogP contribution in [0.5, 0.6) is 0 Å². The second-order valence-electron chi connectivity index (χ2n) is 5.86. The molecule has 1 saturated heterocycles. The second kappa shape index (κ2) is 7.85. The molecule has 6 heteroatoms. The van der Waals surface area contributed by atoms with Gasteiger partial charge in [-0.3, -0.25) is 14.5 Å². The van der Waals surface area contributed by atoms with Gasteiger partial charge >= 0.3 is 0 Å². The van der Waals surface area contributed by atoms with E-state index in [2.05, 4.69) is 18.7 Å². The van der Waals surface area contributed by atoms with E-state index in [1.165, 1.54) is 11.3 Å². The highest BCUT2D eigenvalue weighted by atomic mass is 32.1. The molecule has 0 spiro atoms. The highest BCUT2D eigenvalue weighted by Gasteiger charge is 2.31. The van der Waals surface area contributed by atoms with Crippen molar-refractivity contribution in [2.24, 2.45) is 0 Å². The van der Waals surface area contributed by atoms with Crippen LogP contribution in [0.4, 0.5) is 0 Å². The number of rotatable bonds is 6. The molecule has 0 unspecified atom stereocenters. The van der Waals surface area contributed by atoms with Crippen LogP contribution in [-0.2, 0) is 4.79 Å². The topological polar surface area (TPSA) is 60.9 Å². The highest BCUT2D eigenvalue weighted by Crippen LogP contribution is 2.17. The Morgan fingerprint density at radius 1 is 1.27 bits per heavy atom. The van der Waals surface area contributed by atoms with Crippen molar-refractivity contribution in [1.29, 1.82) is 0 Å². The third-order valence-corrected chi connectivity index (χ3v) is 5.09. The van der Waals surface area contributed by atoms with Crippen molar-refractivity contribution in [3.63, 3.8) is 0 Å². The summed E-state index contributed by atoms with van der Waals surface area (Å²) < 4.78 is 0. The first kappa shape index (κ1) is 17.1. The average molecular weight is 324 g/mol. The number of carbonyl (C=O) groups is 2. The zero-order valence-electron chi connectivity index (χ0n) is 13.2. The Morgan fingerprint density at radius 2 is 1.95 bits per heavy atom. The van der Waals surface area contributed by atoms with Gasteiger partial charge in [0, 0.05) is 44.6 Å². The van der Waals surface area contributed by atoms with E-state index in [1.54, 1.807) is 6.07 Å². The van der Waals surface area contributed by atoms with Crippen molar-refractivity contribution in [3.05, 3.63) is 22.4 Å². The monoisotopic (exact) mass is 324 g/mol. The predicted octanol–water partition coefficient (Wildman–Crippen LogP) is 1.62. The Labute approximate surface area is 135 Å². The van der Waals surface area contributed by atoms with Gasteiger partial charge in [0.05, 0.1) is 11.5 Å². The van der Waals surface area contributed by atoms with E-state index in [0.29, 0.717) is 19.6 Å². The molecule has 1 aliphatic heterocycles. The van der Waals surface area contributed by atoms with Crippen LogP contribution >= 0.6 is 11.3 Å². The maximum atomic E-state index is 12.3. The zero-order valence-corrected chi connectivity index (χ0v) is 14.0. The van der Waals surface area contributed by atoms with Gasteiger partial charge in [-0.25, -0.2) is 0 Å². The van der Waals surface area contributed by atoms with Crippen LogP contribution in [0.3, 0.4) is 0 Å². The fourth-order valence-corrected chi connectivity index (χ4v) is 3.75. The number of aliphatic hydroxyl groups excluding tert-OH is 1. The Kier molecular flexibility index (Phi) is 6.11. The van der Waals surface area contributed by atoms with Gasteiger partial charge in [-0.2, -0.15) is 0 Å². The van der Waals surface area contributed by atoms with Crippen LogP contribution in [0, 0.1) is 0 Å². The third kappa shape index (κ3) is 4.15. The summed E-state index contributed by atoms with van der Waals surface area (Å²) in [6.45, 7) is 6.25. The highest BCUT2D eigenvalue weighted by molar-refractivity contribution is 7.12. The molecule has 0 saturated carbocycles. The van der Waals surface area contributed by atoms with Crippen molar-refractivity contribution in [2.75, 3.05) is 26.2 Å². The molecule has 2 atom stereocenters. The number of nitrogens with zero attached hydrogens (tertiary/aromatic N) is 2. The Balaban J connectivity index is 1.84. The normalized spacial score (nSPS) is 22.8. The molecular formula is C16H24N2O3S. The number of hydrogen-bond acceptors (Lipinski definition) is 5. The van der Waals surface area contributed by atoms with E-state index >= 15 is 0 Å². The first-order valence-corrected chi connectivity index (χ1v) is 8.62. The summed E-state index contributed by atoms with van der Waals surface area (Å²) >= 11 is 1.42. The lowest BCUT2D eigenvalue weighted by Gasteiger charge is -2.44. The second-order valence-corrected chi connectivity index (χ2v) is 6.81. The van der Waals surface area contributed by atoms with Crippen molar-refractivity contribution in [2.45, 2.75) is 38.8 Å². The van der Waals surface area contributed by atoms with Crippen LogP contribution in [0.2, 0.25) is 0 Å². The maximum absolute atomic E-state index is 12.3. The van der Waals surface area contributed by atoms with Gasteiger partial charge in [-0.15, -0.1) is 11.3 Å². The van der Waals surface area contributed by atoms with Crippen molar-refractivity contribution >= 4 is 23.0 Å². The number of thiophene rings is 1. The van der Waals surface area contributed by atoms with Gasteiger partial charge < -0.3 is 10.0 Å². The molecule has 1 aliphatic rings. The van der Waals surface area contributed by atoms with Crippen molar-refractivity contribution < 1.29 is 14.7 Å². The molecule has 2 rings (SSSR count). The van der Waals surface area contributed by atoms with Gasteiger partial charge in [-0.1, -0.05) is 6.07 Å². The largest absolute Gasteiger partial charge is 0.395 e. The van der Waals surface area contributed by atoms with Gasteiger partial charge in [0.2, 0.25) is 5.91 Å². The number of carbonyl (C=O) groups excluding carboxylic acids is 2. The Bertz CT molecular complexity index is 491. The molecule has 5 nitrogen and oxygen atoms in total. The maximum Gasteiger partial charge on any atom is 0.223 e. The lowest BCUT2D eigenvalue weighted by atomic mass is 10.1. The number of ketones is 1. The van der Waals surface area contributed by atoms with Crippen LogP contribution in [0.15, 0.2) is 17.5 Å². The fourth-order valence-electron chi connectivity index (χ4n) is 3.06. The first-order valence-electron chi connectivity index (χ1n) is 7.74. The molecule has 22 heavy (non-hydrogen) atoms. The average Bonchev–Trinajstić information content (AvgIpc) is 3.02. The SMILES string of the molecule is C[C@@H]1CN(C(=O)CCC(=O)c2cccs2)C[C@H](C)N1CCO. The van der Waals surface area contributed by atoms with Crippen LogP contribution < -0.4 is 0 Å². The molecule has 1 aromatic rings. The van der Waals surface area contributed by atoms with E-state index in [-0.39, 0.29) is 43.2 Å². The van der Waals surface area contributed by atoms with Gasteiger partial charge in [-0.05, 0) is 25.3 Å². The number of Topliss-reactive ketones (excluding diaryl/α,β-unsaturated/α-hetero) is 1. The molecule has 1 N–H and O–H groups in total. The van der Waals surface area contributed by atoms with Crippen molar-refractivity contribution in [3.8, 4) is 0 Å². The quantitative estimate of drug-likeness (QED) is 0.808. The molecule has 0 bridgehead atoms. The summed E-state index contributed by atoms with van der Waals surface area (Å²) in [5.74, 6) is 0.0932. The standard InChI is InChI=1S/C16H24N2O3S/c1-12-10-17(11-13(2)18(12)7-8-19)16(21)6-5-14(20)15-4-3-9-22-15/h3-4,9,12-13,19H,5-8,10-11H2,1-2H3/t12-,13+. The fraction of sp³-hybridized carbons (Fsp3) is 0.625. The molecular weight excluding hydrogens is 300 g/mol. The lowest BCUT2D eigenvalue weighted by Crippen LogP contribution is -2.58. The molecule has 122 valence electrons. The van der Waals surface area contributed by atoms with E-state index in [0.717, 1.165) is 4.88 Å². The summed E-state index contributed by atoms with van der Waals surface area (Å²) in [5, 5.41) is 11.0.